The highest BCUT2D eigenvalue weighted by molar-refractivity contribution is 6.62. The highest BCUT2D eigenvalue weighted by Gasteiger charge is 2.51. The van der Waals surface area contributed by atoms with E-state index in [1.54, 1.807) is 0 Å². The highest BCUT2D eigenvalue weighted by atomic mass is 19.1. The Balaban J connectivity index is 1.78. The minimum atomic E-state index is -0.517. The van der Waals surface area contributed by atoms with Crippen LogP contribution in [0.5, 0.6) is 0 Å². The average Bonchev–Trinajstić information content (AvgIpc) is 2.76. The predicted molar refractivity (Wildman–Crippen MR) is 94.4 cm³/mol. The molecule has 0 unspecified atom stereocenters. The molecule has 4 nitrogen and oxygen atoms in total. The maximum atomic E-state index is 13.2. The number of Topliss-reactive ketones (excluding diaryl/α,β-unsaturated/α-hetero) is 1. The van der Waals surface area contributed by atoms with Gasteiger partial charge in [0.05, 0.1) is 17.4 Å². The van der Waals surface area contributed by atoms with Crippen LogP contribution in [0.3, 0.4) is 0 Å². The summed E-state index contributed by atoms with van der Waals surface area (Å²) in [4.78, 5) is 16.1. The topological polar surface area (TPSA) is 48.4 Å². The van der Waals surface area contributed by atoms with Gasteiger partial charge in [0.1, 0.15) is 5.82 Å². The zero-order chi connectivity index (χ0) is 18.2. The molecule has 0 spiro atoms. The molecule has 0 bridgehead atoms. The summed E-state index contributed by atoms with van der Waals surface area (Å²) in [5.74, 6) is -0.699. The molecule has 130 valence electrons. The third-order valence-corrected chi connectivity index (χ3v) is 4.87. The van der Waals surface area contributed by atoms with Crippen molar-refractivity contribution in [3.8, 4) is 0 Å². The lowest BCUT2D eigenvalue weighted by Gasteiger charge is -2.32. The summed E-state index contributed by atoms with van der Waals surface area (Å²) < 4.78 is 25.3. The monoisotopic (exact) mass is 341 g/mol. The second kappa shape index (κ2) is 6.35. The molecule has 1 aromatic carbocycles. The Kier molecular flexibility index (Phi) is 4.52. The molecule has 0 saturated carbocycles. The van der Waals surface area contributed by atoms with E-state index in [0.717, 1.165) is 17.2 Å². The lowest BCUT2D eigenvalue weighted by molar-refractivity contribution is 0.00578. The van der Waals surface area contributed by atoms with E-state index in [4.69, 9.17) is 9.31 Å². The molecule has 0 amide bonds. The number of carbonyl (C=O) groups is 1. The van der Waals surface area contributed by atoms with Gasteiger partial charge in [0.2, 0.25) is 0 Å². The fraction of sp³-hybridized carbons (Fsp3) is 0.368. The van der Waals surface area contributed by atoms with E-state index in [0.29, 0.717) is 0 Å². The van der Waals surface area contributed by atoms with E-state index >= 15 is 0 Å². The zero-order valence-electron chi connectivity index (χ0n) is 14.9. The number of aromatic nitrogens is 1. The summed E-state index contributed by atoms with van der Waals surface area (Å²) in [6.45, 7) is 7.99. The predicted octanol–water partition coefficient (Wildman–Crippen LogP) is 2.95. The van der Waals surface area contributed by atoms with Gasteiger partial charge in [-0.25, -0.2) is 4.39 Å². The number of ketones is 1. The Labute approximate surface area is 147 Å². The standard InChI is InChI=1S/C19H21BFNO3/c1-18(2)19(3,4)25-20(24-18)15-7-5-6-13(8-15)9-17(23)14-10-16(21)12-22-11-14/h5-8,10-12H,9H2,1-4H3. The van der Waals surface area contributed by atoms with Crippen LogP contribution in [0.1, 0.15) is 43.6 Å². The molecule has 1 saturated heterocycles. The maximum absolute atomic E-state index is 13.2. The van der Waals surface area contributed by atoms with Crippen LogP contribution in [0.4, 0.5) is 4.39 Å². The quantitative estimate of drug-likeness (QED) is 0.634. The molecule has 2 heterocycles. The van der Waals surface area contributed by atoms with Crippen LogP contribution in [-0.4, -0.2) is 29.1 Å². The van der Waals surface area contributed by atoms with Gasteiger partial charge in [0.25, 0.3) is 0 Å². The molecule has 0 aliphatic carbocycles. The number of halogens is 1. The normalized spacial score (nSPS) is 18.4. The van der Waals surface area contributed by atoms with Gasteiger partial charge in [0, 0.05) is 18.2 Å². The van der Waals surface area contributed by atoms with Gasteiger partial charge < -0.3 is 9.31 Å². The number of carbonyl (C=O) groups excluding carboxylic acids is 1. The molecule has 1 fully saturated rings. The van der Waals surface area contributed by atoms with E-state index in [1.807, 2.05) is 52.0 Å². The van der Waals surface area contributed by atoms with Gasteiger partial charge in [-0.3, -0.25) is 9.78 Å². The molecular formula is C19H21BFNO3. The maximum Gasteiger partial charge on any atom is 0.494 e. The molecule has 0 radical (unpaired) electrons. The van der Waals surface area contributed by atoms with Crippen LogP contribution in [0.2, 0.25) is 0 Å². The smallest absolute Gasteiger partial charge is 0.399 e. The van der Waals surface area contributed by atoms with Gasteiger partial charge in [-0.1, -0.05) is 24.3 Å². The lowest BCUT2D eigenvalue weighted by atomic mass is 9.78. The number of rotatable bonds is 4. The molecule has 25 heavy (non-hydrogen) atoms. The van der Waals surface area contributed by atoms with Gasteiger partial charge in [0.15, 0.2) is 5.78 Å². The Morgan fingerprint density at radius 2 is 1.80 bits per heavy atom. The van der Waals surface area contributed by atoms with Crippen LogP contribution in [0.15, 0.2) is 42.7 Å². The summed E-state index contributed by atoms with van der Waals surface area (Å²) in [6, 6.07) is 8.74. The van der Waals surface area contributed by atoms with Crippen molar-refractivity contribution < 1.29 is 18.5 Å². The van der Waals surface area contributed by atoms with Crippen LogP contribution in [0, 0.1) is 5.82 Å². The second-order valence-corrected chi connectivity index (χ2v) is 7.33. The molecule has 6 heteroatoms. The number of hydrogen-bond donors (Lipinski definition) is 0. The summed E-state index contributed by atoms with van der Waals surface area (Å²) in [7, 11) is -0.476. The van der Waals surface area contributed by atoms with Crippen molar-refractivity contribution in [3.05, 3.63) is 59.7 Å². The van der Waals surface area contributed by atoms with Crippen molar-refractivity contribution in [2.45, 2.75) is 45.3 Å². The highest BCUT2D eigenvalue weighted by Crippen LogP contribution is 2.36. The zero-order valence-corrected chi connectivity index (χ0v) is 14.9. The van der Waals surface area contributed by atoms with Gasteiger partial charge >= 0.3 is 7.12 Å². The molecular weight excluding hydrogens is 320 g/mol. The third kappa shape index (κ3) is 3.65. The Hall–Kier alpha value is -2.05. The van der Waals surface area contributed by atoms with E-state index < -0.39 is 24.1 Å². The van der Waals surface area contributed by atoms with E-state index in [9.17, 15) is 9.18 Å². The van der Waals surface area contributed by atoms with Crippen LogP contribution in [0.25, 0.3) is 0 Å². The molecule has 3 rings (SSSR count). The van der Waals surface area contributed by atoms with Gasteiger partial charge in [-0.15, -0.1) is 0 Å². The van der Waals surface area contributed by atoms with Crippen LogP contribution in [-0.2, 0) is 15.7 Å². The Morgan fingerprint density at radius 3 is 2.44 bits per heavy atom. The Morgan fingerprint density at radius 1 is 1.12 bits per heavy atom. The van der Waals surface area contributed by atoms with Crippen molar-refractivity contribution in [2.24, 2.45) is 0 Å². The SMILES string of the molecule is CC1(C)OB(c2cccc(CC(=O)c3cncc(F)c3)c2)OC1(C)C. The second-order valence-electron chi connectivity index (χ2n) is 7.33. The number of nitrogens with zero attached hydrogens (tertiary/aromatic N) is 1. The van der Waals surface area contributed by atoms with E-state index in [-0.39, 0.29) is 17.8 Å². The van der Waals surface area contributed by atoms with Crippen LogP contribution < -0.4 is 5.46 Å². The molecule has 0 atom stereocenters. The van der Waals surface area contributed by atoms with Crippen LogP contribution >= 0.6 is 0 Å². The number of benzene rings is 1. The van der Waals surface area contributed by atoms with Gasteiger partial charge in [-0.05, 0) is 44.8 Å². The van der Waals surface area contributed by atoms with Crippen molar-refractivity contribution in [3.63, 3.8) is 0 Å². The van der Waals surface area contributed by atoms with Crippen molar-refractivity contribution >= 4 is 18.4 Å². The minimum Gasteiger partial charge on any atom is -0.399 e. The number of hydrogen-bond acceptors (Lipinski definition) is 4. The largest absolute Gasteiger partial charge is 0.494 e. The first-order chi connectivity index (χ1) is 11.7. The fourth-order valence-corrected chi connectivity index (χ4v) is 2.68. The number of pyridine rings is 1. The fourth-order valence-electron chi connectivity index (χ4n) is 2.68. The molecule has 1 aliphatic heterocycles. The molecule has 2 aromatic rings. The Bertz CT molecular complexity index is 791. The van der Waals surface area contributed by atoms with Gasteiger partial charge in [-0.2, -0.15) is 0 Å². The summed E-state index contributed by atoms with van der Waals surface area (Å²) >= 11 is 0. The first-order valence-corrected chi connectivity index (χ1v) is 8.26. The lowest BCUT2D eigenvalue weighted by Crippen LogP contribution is -2.41. The van der Waals surface area contributed by atoms with Crippen molar-refractivity contribution in [1.29, 1.82) is 0 Å². The molecule has 1 aromatic heterocycles. The minimum absolute atomic E-state index is 0.165. The molecule has 0 N–H and O–H groups in total. The average molecular weight is 341 g/mol. The molecule has 1 aliphatic rings. The summed E-state index contributed by atoms with van der Waals surface area (Å²) in [5.41, 5.74) is 1.11. The first kappa shape index (κ1) is 17.8. The van der Waals surface area contributed by atoms with E-state index in [2.05, 4.69) is 4.98 Å². The summed E-state index contributed by atoms with van der Waals surface area (Å²) in [5, 5.41) is 0. The van der Waals surface area contributed by atoms with E-state index in [1.165, 1.54) is 12.3 Å². The van der Waals surface area contributed by atoms with Crippen molar-refractivity contribution in [1.82, 2.24) is 4.98 Å². The first-order valence-electron chi connectivity index (χ1n) is 8.26. The summed E-state index contributed by atoms with van der Waals surface area (Å²) in [6.07, 6.45) is 2.62. The third-order valence-electron chi connectivity index (χ3n) is 4.87. The van der Waals surface area contributed by atoms with Crippen molar-refractivity contribution in [2.75, 3.05) is 0 Å².